The highest BCUT2D eigenvalue weighted by Crippen LogP contribution is 2.35. The molecule has 1 aliphatic carbocycles. The summed E-state index contributed by atoms with van der Waals surface area (Å²) in [6.07, 6.45) is 10.6. The third-order valence-electron chi connectivity index (χ3n) is 6.92. The molecular formula is C23H33N3O3. The zero-order valence-electron chi connectivity index (χ0n) is 17.9. The van der Waals surface area contributed by atoms with E-state index in [1.807, 2.05) is 24.5 Å². The molecule has 1 fully saturated rings. The van der Waals surface area contributed by atoms with Gasteiger partial charge in [-0.3, -0.25) is 9.59 Å². The summed E-state index contributed by atoms with van der Waals surface area (Å²) in [6, 6.07) is 3.86. The van der Waals surface area contributed by atoms with Gasteiger partial charge in [0.1, 0.15) is 11.2 Å². The third kappa shape index (κ3) is 3.47. The van der Waals surface area contributed by atoms with Crippen LogP contribution in [0.4, 0.5) is 0 Å². The molecule has 0 radical (unpaired) electrons. The van der Waals surface area contributed by atoms with Crippen molar-refractivity contribution in [3.63, 3.8) is 0 Å². The van der Waals surface area contributed by atoms with E-state index in [1.54, 1.807) is 17.2 Å². The fourth-order valence-corrected chi connectivity index (χ4v) is 5.05. The van der Waals surface area contributed by atoms with E-state index >= 15 is 0 Å². The average molecular weight is 400 g/mol. The van der Waals surface area contributed by atoms with E-state index in [0.29, 0.717) is 17.8 Å². The van der Waals surface area contributed by atoms with Crippen LogP contribution in [-0.2, 0) is 11.3 Å². The van der Waals surface area contributed by atoms with Gasteiger partial charge in [-0.05, 0) is 33.1 Å². The van der Waals surface area contributed by atoms with Crippen molar-refractivity contribution in [1.82, 2.24) is 14.8 Å². The maximum atomic E-state index is 13.6. The van der Waals surface area contributed by atoms with Gasteiger partial charge in [-0.2, -0.15) is 0 Å². The van der Waals surface area contributed by atoms with E-state index in [-0.39, 0.29) is 23.9 Å². The summed E-state index contributed by atoms with van der Waals surface area (Å²) in [5.41, 5.74) is 1.26. The van der Waals surface area contributed by atoms with Crippen LogP contribution in [0, 0.1) is 0 Å². The zero-order chi connectivity index (χ0) is 20.6. The highest BCUT2D eigenvalue weighted by atomic mass is 16.3. The fourth-order valence-electron chi connectivity index (χ4n) is 5.05. The van der Waals surface area contributed by atoms with Crippen LogP contribution in [0.2, 0.25) is 0 Å². The Hall–Kier alpha value is -2.24. The maximum absolute atomic E-state index is 13.6. The number of nitrogens with zero attached hydrogens (tertiary/aromatic N) is 2. The van der Waals surface area contributed by atoms with Crippen molar-refractivity contribution in [3.05, 3.63) is 24.1 Å². The van der Waals surface area contributed by atoms with Gasteiger partial charge in [-0.1, -0.05) is 39.0 Å². The summed E-state index contributed by atoms with van der Waals surface area (Å²) in [7, 11) is 0. The van der Waals surface area contributed by atoms with Gasteiger partial charge < -0.3 is 19.2 Å². The lowest BCUT2D eigenvalue weighted by molar-refractivity contribution is -0.135. The molecule has 2 aliphatic rings. The Morgan fingerprint density at radius 1 is 1.28 bits per heavy atom. The number of rotatable bonds is 4. The van der Waals surface area contributed by atoms with E-state index < -0.39 is 5.54 Å². The number of fused-ring (bicyclic) bond motifs is 3. The predicted octanol–water partition coefficient (Wildman–Crippen LogP) is 4.48. The second kappa shape index (κ2) is 7.88. The monoisotopic (exact) mass is 399 g/mol. The van der Waals surface area contributed by atoms with Crippen LogP contribution < -0.4 is 5.32 Å². The molecule has 2 aromatic heterocycles. The van der Waals surface area contributed by atoms with Crippen LogP contribution in [-0.4, -0.2) is 38.9 Å². The van der Waals surface area contributed by atoms with Gasteiger partial charge in [0, 0.05) is 24.2 Å². The molecule has 3 heterocycles. The summed E-state index contributed by atoms with van der Waals surface area (Å²) in [6.45, 7) is 6.46. The summed E-state index contributed by atoms with van der Waals surface area (Å²) in [5, 5.41) is 3.32. The van der Waals surface area contributed by atoms with E-state index in [0.717, 1.165) is 37.6 Å². The number of hydrogen-bond acceptors (Lipinski definition) is 3. The van der Waals surface area contributed by atoms with Crippen molar-refractivity contribution in [2.24, 2.45) is 0 Å². The van der Waals surface area contributed by atoms with Crippen molar-refractivity contribution < 1.29 is 14.0 Å². The van der Waals surface area contributed by atoms with E-state index in [2.05, 4.69) is 12.2 Å². The molecule has 2 amide bonds. The van der Waals surface area contributed by atoms with Gasteiger partial charge in [-0.15, -0.1) is 0 Å². The first-order chi connectivity index (χ1) is 14.0. The Morgan fingerprint density at radius 2 is 1.97 bits per heavy atom. The van der Waals surface area contributed by atoms with Crippen LogP contribution in [0.5, 0.6) is 0 Å². The number of carbonyl (C=O) groups is 2. The highest BCUT2D eigenvalue weighted by molar-refractivity contribution is 6.03. The number of aromatic nitrogens is 1. The molecule has 0 bridgehead atoms. The van der Waals surface area contributed by atoms with E-state index in [9.17, 15) is 9.59 Å². The summed E-state index contributed by atoms with van der Waals surface area (Å²) >= 11 is 0. The minimum absolute atomic E-state index is 0.0227. The highest BCUT2D eigenvalue weighted by Gasteiger charge is 2.49. The second-order valence-electron chi connectivity index (χ2n) is 9.01. The molecule has 2 unspecified atom stereocenters. The fraction of sp³-hybridized carbons (Fsp3) is 0.652. The van der Waals surface area contributed by atoms with Crippen LogP contribution in [0.25, 0.3) is 11.1 Å². The summed E-state index contributed by atoms with van der Waals surface area (Å²) in [4.78, 5) is 28.9. The van der Waals surface area contributed by atoms with E-state index in [1.165, 1.54) is 19.3 Å². The van der Waals surface area contributed by atoms with Crippen LogP contribution in [0.1, 0.15) is 82.6 Å². The lowest BCUT2D eigenvalue weighted by atomic mass is 9.90. The molecule has 1 saturated carbocycles. The number of hydrogen-bond donors (Lipinski definition) is 1. The summed E-state index contributed by atoms with van der Waals surface area (Å²) in [5.74, 6) is -0.125. The molecule has 158 valence electrons. The topological polar surface area (TPSA) is 67.5 Å². The molecule has 6 heteroatoms. The summed E-state index contributed by atoms with van der Waals surface area (Å²) < 4.78 is 7.48. The molecular weight excluding hydrogens is 366 g/mol. The molecule has 1 aliphatic heterocycles. The molecule has 2 aromatic rings. The molecule has 6 nitrogen and oxygen atoms in total. The number of furan rings is 1. The number of nitrogens with one attached hydrogen (secondary N) is 1. The van der Waals surface area contributed by atoms with Gasteiger partial charge >= 0.3 is 0 Å². The minimum atomic E-state index is -0.925. The van der Waals surface area contributed by atoms with Crippen molar-refractivity contribution in [1.29, 1.82) is 0 Å². The average Bonchev–Trinajstić information content (AvgIpc) is 3.26. The van der Waals surface area contributed by atoms with Crippen molar-refractivity contribution in [2.45, 2.75) is 96.3 Å². The Bertz CT molecular complexity index is 890. The zero-order valence-corrected chi connectivity index (χ0v) is 17.9. The molecule has 29 heavy (non-hydrogen) atoms. The van der Waals surface area contributed by atoms with Crippen LogP contribution >= 0.6 is 0 Å². The Labute approximate surface area is 172 Å². The van der Waals surface area contributed by atoms with Gasteiger partial charge in [0.15, 0.2) is 5.58 Å². The second-order valence-corrected chi connectivity index (χ2v) is 9.01. The maximum Gasteiger partial charge on any atom is 0.271 e. The number of carbonyl (C=O) groups excluding carboxylic acids is 2. The molecule has 4 rings (SSSR count). The first-order valence-corrected chi connectivity index (χ1v) is 11.2. The first-order valence-electron chi connectivity index (χ1n) is 11.2. The normalized spacial score (nSPS) is 24.8. The van der Waals surface area contributed by atoms with Crippen molar-refractivity contribution >= 4 is 22.9 Å². The predicted molar refractivity (Wildman–Crippen MR) is 113 cm³/mol. The molecule has 0 spiro atoms. The van der Waals surface area contributed by atoms with Crippen LogP contribution in [0.3, 0.4) is 0 Å². The Kier molecular flexibility index (Phi) is 5.45. The van der Waals surface area contributed by atoms with Gasteiger partial charge in [0.05, 0.1) is 18.3 Å². The SMILES string of the molecule is CCC(C)N1C(=O)c2cc3occc3n2CC1(C)C(=O)NC1CCCCCCC1. The molecule has 0 aromatic carbocycles. The largest absolute Gasteiger partial charge is 0.463 e. The van der Waals surface area contributed by atoms with Crippen molar-refractivity contribution in [2.75, 3.05) is 0 Å². The molecule has 2 atom stereocenters. The lowest BCUT2D eigenvalue weighted by Crippen LogP contribution is -2.66. The Morgan fingerprint density at radius 3 is 2.66 bits per heavy atom. The minimum Gasteiger partial charge on any atom is -0.463 e. The van der Waals surface area contributed by atoms with Gasteiger partial charge in [0.2, 0.25) is 5.91 Å². The molecule has 0 saturated heterocycles. The van der Waals surface area contributed by atoms with Gasteiger partial charge in [-0.25, -0.2) is 0 Å². The smallest absolute Gasteiger partial charge is 0.271 e. The number of amides is 2. The lowest BCUT2D eigenvalue weighted by Gasteiger charge is -2.47. The Balaban J connectivity index is 1.67. The van der Waals surface area contributed by atoms with Crippen molar-refractivity contribution in [3.8, 4) is 0 Å². The molecule has 1 N–H and O–H groups in total. The quantitative estimate of drug-likeness (QED) is 0.824. The van der Waals surface area contributed by atoms with Crippen LogP contribution in [0.15, 0.2) is 22.8 Å². The van der Waals surface area contributed by atoms with Gasteiger partial charge in [0.25, 0.3) is 5.91 Å². The third-order valence-corrected chi connectivity index (χ3v) is 6.92. The first kappa shape index (κ1) is 20.0. The standard InChI is InChI=1S/C23H33N3O3/c1-4-16(2)26-21(27)19-14-20-18(12-13-29-20)25(19)15-23(26,3)22(28)24-17-10-8-6-5-7-9-11-17/h12-14,16-17H,4-11,15H2,1-3H3,(H,24,28). The van der Waals surface area contributed by atoms with E-state index in [4.69, 9.17) is 4.42 Å².